The van der Waals surface area contributed by atoms with Gasteiger partial charge in [0.15, 0.2) is 0 Å². The molecule has 2 fully saturated rings. The van der Waals surface area contributed by atoms with Crippen LogP contribution < -0.4 is 9.62 Å². The van der Waals surface area contributed by atoms with Crippen molar-refractivity contribution in [2.24, 2.45) is 11.8 Å². The molecule has 0 radical (unpaired) electrons. The van der Waals surface area contributed by atoms with Gasteiger partial charge in [0.05, 0.1) is 10.6 Å². The third kappa shape index (κ3) is 4.17. The molecule has 0 unspecified atom stereocenters. The molecule has 0 aliphatic heterocycles. The van der Waals surface area contributed by atoms with Crippen molar-refractivity contribution in [1.82, 2.24) is 5.32 Å². The van der Waals surface area contributed by atoms with E-state index < -0.39 is 10.0 Å². The van der Waals surface area contributed by atoms with E-state index in [4.69, 9.17) is 0 Å². The maximum absolute atomic E-state index is 13.3. The van der Waals surface area contributed by atoms with E-state index in [1.165, 1.54) is 23.6 Å². The predicted molar refractivity (Wildman–Crippen MR) is 114 cm³/mol. The number of carbonyl (C=O) groups excluding carboxylic acids is 1. The number of hydrogen-bond acceptors (Lipinski definition) is 3. The Labute approximate surface area is 173 Å². The third-order valence-corrected chi connectivity index (χ3v) is 8.12. The van der Waals surface area contributed by atoms with E-state index in [0.717, 1.165) is 24.3 Å². The maximum Gasteiger partial charge on any atom is 0.264 e. The number of fused-ring (bicyclic) bond motifs is 2. The summed E-state index contributed by atoms with van der Waals surface area (Å²) >= 11 is 0. The van der Waals surface area contributed by atoms with E-state index in [9.17, 15) is 13.2 Å². The van der Waals surface area contributed by atoms with E-state index in [1.54, 1.807) is 42.5 Å². The van der Waals surface area contributed by atoms with Gasteiger partial charge < -0.3 is 5.32 Å². The SMILES string of the molecule is CCc1ccc(N(CC(=O)N[C@H]2C[C@H]3CC[C@H]2C3)S(=O)(=O)c2ccccc2)cc1. The van der Waals surface area contributed by atoms with Crippen molar-refractivity contribution in [3.63, 3.8) is 0 Å². The monoisotopic (exact) mass is 412 g/mol. The number of anilines is 1. The number of rotatable bonds is 7. The van der Waals surface area contributed by atoms with Crippen LogP contribution >= 0.6 is 0 Å². The van der Waals surface area contributed by atoms with Gasteiger partial charge in [0.2, 0.25) is 5.91 Å². The van der Waals surface area contributed by atoms with Crippen molar-refractivity contribution < 1.29 is 13.2 Å². The lowest BCUT2D eigenvalue weighted by atomic mass is 9.95. The fraction of sp³-hybridized carbons (Fsp3) is 0.435. The van der Waals surface area contributed by atoms with Crippen molar-refractivity contribution in [2.75, 3.05) is 10.8 Å². The van der Waals surface area contributed by atoms with E-state index in [2.05, 4.69) is 12.2 Å². The standard InChI is InChI=1S/C23H28N2O3S/c1-2-17-9-12-20(13-10-17)25(29(27,28)21-6-4-3-5-7-21)16-23(26)24-22-15-18-8-11-19(22)14-18/h3-7,9-10,12-13,18-19,22H,2,8,11,14-16H2,1H3,(H,24,26)/t18-,19-,22-/m0/s1. The van der Waals surface area contributed by atoms with Gasteiger partial charge in [-0.1, -0.05) is 43.7 Å². The minimum Gasteiger partial charge on any atom is -0.352 e. The molecule has 2 aromatic rings. The highest BCUT2D eigenvalue weighted by atomic mass is 32.2. The summed E-state index contributed by atoms with van der Waals surface area (Å²) in [7, 11) is -3.84. The highest BCUT2D eigenvalue weighted by Gasteiger charge is 2.40. The van der Waals surface area contributed by atoms with Gasteiger partial charge >= 0.3 is 0 Å². The zero-order valence-electron chi connectivity index (χ0n) is 16.8. The zero-order valence-corrected chi connectivity index (χ0v) is 17.6. The first-order valence-corrected chi connectivity index (χ1v) is 11.9. The van der Waals surface area contributed by atoms with Crippen LogP contribution in [0.4, 0.5) is 5.69 Å². The molecule has 2 bridgehead atoms. The molecule has 1 N–H and O–H groups in total. The van der Waals surface area contributed by atoms with Gasteiger partial charge in [-0.15, -0.1) is 0 Å². The first-order valence-electron chi connectivity index (χ1n) is 10.4. The molecule has 0 heterocycles. The molecule has 6 heteroatoms. The number of aryl methyl sites for hydroxylation is 1. The Morgan fingerprint density at radius 2 is 1.76 bits per heavy atom. The number of hydrogen-bond donors (Lipinski definition) is 1. The fourth-order valence-electron chi connectivity index (χ4n) is 4.74. The second-order valence-electron chi connectivity index (χ2n) is 8.19. The molecule has 3 atom stereocenters. The number of carbonyl (C=O) groups is 1. The van der Waals surface area contributed by atoms with Crippen LogP contribution in [0.25, 0.3) is 0 Å². The summed E-state index contributed by atoms with van der Waals surface area (Å²) in [5.74, 6) is 1.03. The van der Waals surface area contributed by atoms with Crippen LogP contribution in [0, 0.1) is 11.8 Å². The summed E-state index contributed by atoms with van der Waals surface area (Å²) in [6, 6.07) is 15.9. The fourth-order valence-corrected chi connectivity index (χ4v) is 6.18. The Morgan fingerprint density at radius 1 is 1.03 bits per heavy atom. The lowest BCUT2D eigenvalue weighted by molar-refractivity contribution is -0.120. The highest BCUT2D eigenvalue weighted by molar-refractivity contribution is 7.92. The van der Waals surface area contributed by atoms with Crippen LogP contribution in [0.15, 0.2) is 59.5 Å². The number of amides is 1. The lowest BCUT2D eigenvalue weighted by Crippen LogP contribution is -2.46. The van der Waals surface area contributed by atoms with Gasteiger partial charge in [0.25, 0.3) is 10.0 Å². The molecule has 5 nitrogen and oxygen atoms in total. The molecule has 0 spiro atoms. The van der Waals surface area contributed by atoms with E-state index >= 15 is 0 Å². The minimum atomic E-state index is -3.84. The maximum atomic E-state index is 13.3. The second-order valence-corrected chi connectivity index (χ2v) is 10.1. The molecule has 2 aliphatic rings. The smallest absolute Gasteiger partial charge is 0.264 e. The Morgan fingerprint density at radius 3 is 2.34 bits per heavy atom. The predicted octanol–water partition coefficient (Wildman–Crippen LogP) is 3.75. The summed E-state index contributed by atoms with van der Waals surface area (Å²) in [4.78, 5) is 13.0. The summed E-state index contributed by atoms with van der Waals surface area (Å²) in [5, 5.41) is 3.11. The number of sulfonamides is 1. The van der Waals surface area contributed by atoms with Gasteiger partial charge in [0.1, 0.15) is 6.54 Å². The van der Waals surface area contributed by atoms with Crippen molar-refractivity contribution >= 4 is 21.6 Å². The van der Waals surface area contributed by atoms with Gasteiger partial charge in [-0.25, -0.2) is 8.42 Å². The molecular weight excluding hydrogens is 384 g/mol. The molecule has 0 saturated heterocycles. The van der Waals surface area contributed by atoms with Gasteiger partial charge in [0, 0.05) is 6.04 Å². The first kappa shape index (κ1) is 20.0. The minimum absolute atomic E-state index is 0.185. The van der Waals surface area contributed by atoms with Crippen molar-refractivity contribution in [3.8, 4) is 0 Å². The Kier molecular flexibility index (Phi) is 5.63. The molecule has 0 aromatic heterocycles. The molecule has 29 heavy (non-hydrogen) atoms. The van der Waals surface area contributed by atoms with Gasteiger partial charge in [-0.2, -0.15) is 0 Å². The Balaban J connectivity index is 1.58. The summed E-state index contributed by atoms with van der Waals surface area (Å²) in [5.41, 5.74) is 1.63. The zero-order chi connectivity index (χ0) is 20.4. The van der Waals surface area contributed by atoms with Crippen LogP contribution in [0.2, 0.25) is 0 Å². The number of nitrogens with one attached hydrogen (secondary N) is 1. The van der Waals surface area contributed by atoms with Crippen LogP contribution in [0.3, 0.4) is 0 Å². The van der Waals surface area contributed by atoms with E-state index in [-0.39, 0.29) is 23.4 Å². The third-order valence-electron chi connectivity index (χ3n) is 6.34. The van der Waals surface area contributed by atoms with E-state index in [0.29, 0.717) is 11.6 Å². The molecular formula is C23H28N2O3S. The molecule has 2 saturated carbocycles. The Bertz CT molecular complexity index is 957. The van der Waals surface area contributed by atoms with Gasteiger partial charge in [-0.3, -0.25) is 9.10 Å². The molecule has 2 aliphatic carbocycles. The van der Waals surface area contributed by atoms with Gasteiger partial charge in [-0.05, 0) is 67.3 Å². The molecule has 4 rings (SSSR count). The molecule has 2 aromatic carbocycles. The largest absolute Gasteiger partial charge is 0.352 e. The van der Waals surface area contributed by atoms with E-state index in [1.807, 2.05) is 12.1 Å². The van der Waals surface area contributed by atoms with Crippen molar-refractivity contribution in [3.05, 3.63) is 60.2 Å². The molecule has 154 valence electrons. The van der Waals surface area contributed by atoms with Crippen molar-refractivity contribution in [1.29, 1.82) is 0 Å². The Hall–Kier alpha value is -2.34. The summed E-state index contributed by atoms with van der Waals surface area (Å²) in [6.45, 7) is 1.84. The second kappa shape index (κ2) is 8.19. The van der Waals surface area contributed by atoms with Crippen molar-refractivity contribution in [2.45, 2.75) is 50.0 Å². The number of nitrogens with zero attached hydrogens (tertiary/aromatic N) is 1. The normalized spacial score (nSPS) is 23.1. The van der Waals surface area contributed by atoms with Crippen LogP contribution in [0.1, 0.15) is 38.2 Å². The average Bonchev–Trinajstić information content (AvgIpc) is 3.36. The lowest BCUT2D eigenvalue weighted by Gasteiger charge is -2.27. The highest BCUT2D eigenvalue weighted by Crippen LogP contribution is 2.44. The van der Waals surface area contributed by atoms with Crippen LogP contribution in [-0.4, -0.2) is 26.9 Å². The number of benzene rings is 2. The average molecular weight is 413 g/mol. The van der Waals surface area contributed by atoms with Crippen LogP contribution in [-0.2, 0) is 21.2 Å². The summed E-state index contributed by atoms with van der Waals surface area (Å²) in [6.07, 6.45) is 5.51. The topological polar surface area (TPSA) is 66.5 Å². The summed E-state index contributed by atoms with van der Waals surface area (Å²) < 4.78 is 27.9. The first-order chi connectivity index (χ1) is 14.0. The molecule has 1 amide bonds. The quantitative estimate of drug-likeness (QED) is 0.753. The van der Waals surface area contributed by atoms with Crippen LogP contribution in [0.5, 0.6) is 0 Å².